The highest BCUT2D eigenvalue weighted by atomic mass is 19.4. The van der Waals surface area contributed by atoms with E-state index in [2.05, 4.69) is 4.90 Å². The van der Waals surface area contributed by atoms with Crippen LogP contribution in [0.1, 0.15) is 23.7 Å². The standard InChI is InChI=1S/C16H17F3N2O2/c1-21-6-5-10(8-21)14-13(22)12(15(20)23-14)9-3-2-4-11(7-9)16(17,18)19/h2-4,7,10,22H,5-6,8,20H2,1H3. The molecule has 1 unspecified atom stereocenters. The van der Waals surface area contributed by atoms with Gasteiger partial charge in [0.2, 0.25) is 5.88 Å². The first-order chi connectivity index (χ1) is 10.8. The van der Waals surface area contributed by atoms with Crippen molar-refractivity contribution in [2.24, 2.45) is 0 Å². The van der Waals surface area contributed by atoms with Crippen molar-refractivity contribution < 1.29 is 22.7 Å². The molecule has 1 saturated heterocycles. The molecule has 7 heteroatoms. The van der Waals surface area contributed by atoms with E-state index in [1.807, 2.05) is 7.05 Å². The van der Waals surface area contributed by atoms with Gasteiger partial charge in [0.15, 0.2) is 11.5 Å². The Kier molecular flexibility index (Phi) is 3.75. The minimum atomic E-state index is -4.46. The molecule has 1 atom stereocenters. The molecule has 0 bridgehead atoms. The molecule has 23 heavy (non-hydrogen) atoms. The highest BCUT2D eigenvalue weighted by molar-refractivity contribution is 5.80. The average molecular weight is 326 g/mol. The van der Waals surface area contributed by atoms with Crippen molar-refractivity contribution in [2.75, 3.05) is 25.9 Å². The number of nitrogens with two attached hydrogens (primary N) is 1. The topological polar surface area (TPSA) is 62.6 Å². The number of nitrogens with zero attached hydrogens (tertiary/aromatic N) is 1. The van der Waals surface area contributed by atoms with Crippen molar-refractivity contribution in [3.05, 3.63) is 35.6 Å². The number of aromatic hydroxyl groups is 1. The molecule has 3 rings (SSSR count). The molecule has 0 radical (unpaired) electrons. The fourth-order valence-electron chi connectivity index (χ4n) is 3.01. The molecule has 1 aliphatic rings. The molecule has 0 saturated carbocycles. The van der Waals surface area contributed by atoms with E-state index in [4.69, 9.17) is 10.2 Å². The van der Waals surface area contributed by atoms with Crippen molar-refractivity contribution in [2.45, 2.75) is 18.5 Å². The normalized spacial score (nSPS) is 19.4. The molecule has 1 aromatic carbocycles. The Hall–Kier alpha value is -2.15. The van der Waals surface area contributed by atoms with Crippen LogP contribution in [0, 0.1) is 0 Å². The van der Waals surface area contributed by atoms with Crippen LogP contribution in [0.25, 0.3) is 11.1 Å². The average Bonchev–Trinajstić information content (AvgIpc) is 3.02. The van der Waals surface area contributed by atoms with E-state index >= 15 is 0 Å². The van der Waals surface area contributed by atoms with Gasteiger partial charge in [-0.25, -0.2) is 0 Å². The number of halogens is 3. The maximum atomic E-state index is 12.9. The lowest BCUT2D eigenvalue weighted by Crippen LogP contribution is -2.13. The number of alkyl halides is 3. The molecule has 1 aliphatic heterocycles. The van der Waals surface area contributed by atoms with Crippen molar-refractivity contribution in [3.63, 3.8) is 0 Å². The first kappa shape index (κ1) is 15.7. The number of rotatable bonds is 2. The van der Waals surface area contributed by atoms with Crippen LogP contribution >= 0.6 is 0 Å². The molecule has 1 aromatic heterocycles. The maximum absolute atomic E-state index is 12.9. The second-order valence-electron chi connectivity index (χ2n) is 5.88. The lowest BCUT2D eigenvalue weighted by Gasteiger charge is -2.09. The van der Waals surface area contributed by atoms with Crippen molar-refractivity contribution in [3.8, 4) is 16.9 Å². The zero-order chi connectivity index (χ0) is 16.8. The monoisotopic (exact) mass is 326 g/mol. The van der Waals surface area contributed by atoms with Crippen LogP contribution in [0.5, 0.6) is 5.75 Å². The second kappa shape index (κ2) is 5.49. The predicted octanol–water partition coefficient (Wildman–Crippen LogP) is 3.67. The quantitative estimate of drug-likeness (QED) is 0.884. The smallest absolute Gasteiger partial charge is 0.416 e. The first-order valence-electron chi connectivity index (χ1n) is 7.24. The Morgan fingerprint density at radius 2 is 2.09 bits per heavy atom. The summed E-state index contributed by atoms with van der Waals surface area (Å²) < 4.78 is 44.0. The summed E-state index contributed by atoms with van der Waals surface area (Å²) in [4.78, 5) is 2.09. The summed E-state index contributed by atoms with van der Waals surface area (Å²) in [6.45, 7) is 1.58. The fourth-order valence-corrected chi connectivity index (χ4v) is 3.01. The summed E-state index contributed by atoms with van der Waals surface area (Å²) in [7, 11) is 1.96. The van der Waals surface area contributed by atoms with E-state index in [9.17, 15) is 18.3 Å². The molecule has 2 heterocycles. The van der Waals surface area contributed by atoms with Crippen LogP contribution < -0.4 is 5.73 Å². The van der Waals surface area contributed by atoms with E-state index < -0.39 is 11.7 Å². The summed E-state index contributed by atoms with van der Waals surface area (Å²) >= 11 is 0. The van der Waals surface area contributed by atoms with Crippen LogP contribution in [0.4, 0.5) is 19.1 Å². The van der Waals surface area contributed by atoms with Crippen LogP contribution in [-0.4, -0.2) is 30.1 Å². The summed E-state index contributed by atoms with van der Waals surface area (Å²) in [5, 5.41) is 10.4. The third kappa shape index (κ3) is 2.88. The fraction of sp³-hybridized carbons (Fsp3) is 0.375. The lowest BCUT2D eigenvalue weighted by atomic mass is 10.00. The van der Waals surface area contributed by atoms with Crippen molar-refractivity contribution in [1.82, 2.24) is 4.90 Å². The summed E-state index contributed by atoms with van der Waals surface area (Å²) in [6.07, 6.45) is -3.65. The number of hydrogen-bond acceptors (Lipinski definition) is 4. The van der Waals surface area contributed by atoms with Gasteiger partial charge in [0.25, 0.3) is 0 Å². The Balaban J connectivity index is 2.03. The molecule has 4 nitrogen and oxygen atoms in total. The van der Waals surface area contributed by atoms with Crippen molar-refractivity contribution in [1.29, 1.82) is 0 Å². The molecule has 0 aliphatic carbocycles. The van der Waals surface area contributed by atoms with Gasteiger partial charge in [0.1, 0.15) is 0 Å². The zero-order valence-corrected chi connectivity index (χ0v) is 12.5. The molecule has 1 fully saturated rings. The number of likely N-dealkylation sites (tertiary alicyclic amines) is 1. The summed E-state index contributed by atoms with van der Waals surface area (Å²) in [6, 6.07) is 4.70. The number of nitrogen functional groups attached to an aromatic ring is 1. The van der Waals surface area contributed by atoms with Gasteiger partial charge in [-0.05, 0) is 37.7 Å². The van der Waals surface area contributed by atoms with Gasteiger partial charge < -0.3 is 20.2 Å². The highest BCUT2D eigenvalue weighted by Gasteiger charge is 2.33. The molecular formula is C16H17F3N2O2. The molecule has 0 amide bonds. The number of likely N-dealkylation sites (N-methyl/N-ethyl adjacent to an activating group) is 1. The Morgan fingerprint density at radius 1 is 1.35 bits per heavy atom. The summed E-state index contributed by atoms with van der Waals surface area (Å²) in [5.41, 5.74) is 5.34. The van der Waals surface area contributed by atoms with Crippen LogP contribution in [-0.2, 0) is 6.18 Å². The third-order valence-corrected chi connectivity index (χ3v) is 4.18. The predicted molar refractivity (Wildman–Crippen MR) is 80.1 cm³/mol. The van der Waals surface area contributed by atoms with Gasteiger partial charge >= 0.3 is 6.18 Å². The third-order valence-electron chi connectivity index (χ3n) is 4.18. The number of furan rings is 1. The van der Waals surface area contributed by atoms with E-state index in [1.165, 1.54) is 12.1 Å². The van der Waals surface area contributed by atoms with Crippen LogP contribution in [0.15, 0.2) is 28.7 Å². The SMILES string of the molecule is CN1CCC(c2oc(N)c(-c3cccc(C(F)(F)F)c3)c2O)C1. The maximum Gasteiger partial charge on any atom is 0.416 e. The second-order valence-corrected chi connectivity index (χ2v) is 5.88. The highest BCUT2D eigenvalue weighted by Crippen LogP contribution is 2.45. The summed E-state index contributed by atoms with van der Waals surface area (Å²) in [5.74, 6) is 0.106. The molecule has 124 valence electrons. The van der Waals surface area contributed by atoms with Gasteiger partial charge in [0.05, 0.1) is 11.1 Å². The van der Waals surface area contributed by atoms with Gasteiger partial charge in [0, 0.05) is 12.5 Å². The minimum Gasteiger partial charge on any atom is -0.504 e. The van der Waals surface area contributed by atoms with Gasteiger partial charge in [-0.15, -0.1) is 0 Å². The van der Waals surface area contributed by atoms with Crippen LogP contribution in [0.3, 0.4) is 0 Å². The van der Waals surface area contributed by atoms with Gasteiger partial charge in [-0.2, -0.15) is 13.2 Å². The van der Waals surface area contributed by atoms with E-state index in [1.54, 1.807) is 0 Å². The van der Waals surface area contributed by atoms with Crippen LogP contribution in [0.2, 0.25) is 0 Å². The number of anilines is 1. The zero-order valence-electron chi connectivity index (χ0n) is 12.5. The lowest BCUT2D eigenvalue weighted by molar-refractivity contribution is -0.137. The first-order valence-corrected chi connectivity index (χ1v) is 7.24. The van der Waals surface area contributed by atoms with Gasteiger partial charge in [-0.1, -0.05) is 12.1 Å². The van der Waals surface area contributed by atoms with E-state index in [0.717, 1.165) is 25.1 Å². The number of hydrogen-bond donors (Lipinski definition) is 2. The Bertz CT molecular complexity index is 725. The van der Waals surface area contributed by atoms with Gasteiger partial charge in [-0.3, -0.25) is 0 Å². The Labute approximate surface area is 131 Å². The van der Waals surface area contributed by atoms with Crippen molar-refractivity contribution >= 4 is 5.88 Å². The molecule has 3 N–H and O–H groups in total. The largest absolute Gasteiger partial charge is 0.504 e. The molecule has 2 aromatic rings. The Morgan fingerprint density at radius 3 is 2.70 bits per heavy atom. The molecule has 0 spiro atoms. The van der Waals surface area contributed by atoms with E-state index in [-0.39, 0.29) is 28.7 Å². The number of benzene rings is 1. The van der Waals surface area contributed by atoms with E-state index in [0.29, 0.717) is 12.3 Å². The molecular weight excluding hydrogens is 309 g/mol. The minimum absolute atomic E-state index is 0.0122.